The van der Waals surface area contributed by atoms with E-state index in [1.54, 1.807) is 26.0 Å². The van der Waals surface area contributed by atoms with E-state index < -0.39 is 17.4 Å². The number of alkyl halides is 2. The quantitative estimate of drug-likeness (QED) is 0.780. The third-order valence-corrected chi connectivity index (χ3v) is 6.48. The average Bonchev–Trinajstić information content (AvgIpc) is 3.01. The maximum absolute atomic E-state index is 13.2. The lowest BCUT2D eigenvalue weighted by Gasteiger charge is -2.49. The van der Waals surface area contributed by atoms with Crippen LogP contribution in [-0.4, -0.2) is 55.0 Å². The summed E-state index contributed by atoms with van der Waals surface area (Å²) in [5, 5.41) is 3.03. The number of rotatable bonds is 6. The predicted octanol–water partition coefficient (Wildman–Crippen LogP) is 2.73. The summed E-state index contributed by atoms with van der Waals surface area (Å²) < 4.78 is 31.8. The molecule has 1 unspecified atom stereocenters. The van der Waals surface area contributed by atoms with Gasteiger partial charge in [0.05, 0.1) is 5.41 Å². The Hall–Kier alpha value is -1.24. The van der Waals surface area contributed by atoms with Gasteiger partial charge in [0.25, 0.3) is 0 Å². The van der Waals surface area contributed by atoms with Crippen molar-refractivity contribution < 1.29 is 23.1 Å². The second-order valence-corrected chi connectivity index (χ2v) is 8.72. The summed E-state index contributed by atoms with van der Waals surface area (Å²) in [7, 11) is 3.26. The second-order valence-electron chi connectivity index (χ2n) is 8.72. The van der Waals surface area contributed by atoms with Crippen molar-refractivity contribution in [1.82, 2.24) is 10.2 Å². The lowest BCUT2D eigenvalue weighted by atomic mass is 9.66. The zero-order valence-corrected chi connectivity index (χ0v) is 15.9. The summed E-state index contributed by atoms with van der Waals surface area (Å²) >= 11 is 0. The molecule has 3 aliphatic carbocycles. The minimum atomic E-state index is -2.71. The lowest BCUT2D eigenvalue weighted by molar-refractivity contribution is -0.185. The van der Waals surface area contributed by atoms with Gasteiger partial charge < -0.3 is 15.0 Å². The largest absolute Gasteiger partial charge is 0.371 e. The van der Waals surface area contributed by atoms with Gasteiger partial charge in [-0.15, -0.1) is 0 Å². The van der Waals surface area contributed by atoms with Gasteiger partial charge in [0, 0.05) is 39.1 Å². The topological polar surface area (TPSA) is 58.6 Å². The molecule has 1 atom stereocenters. The van der Waals surface area contributed by atoms with Crippen molar-refractivity contribution in [3.63, 3.8) is 0 Å². The third kappa shape index (κ3) is 3.73. The molecule has 1 N–H and O–H groups in total. The van der Waals surface area contributed by atoms with Crippen LogP contribution >= 0.6 is 0 Å². The Bertz CT molecular complexity index is 549. The first-order chi connectivity index (χ1) is 12.1. The fourth-order valence-electron chi connectivity index (χ4n) is 4.91. The molecule has 0 radical (unpaired) electrons. The molecular formula is C19H30F2N2O3. The van der Waals surface area contributed by atoms with E-state index in [0.29, 0.717) is 18.8 Å². The Kier molecular flexibility index (Phi) is 5.30. The minimum absolute atomic E-state index is 0.00585. The summed E-state index contributed by atoms with van der Waals surface area (Å²) in [5.41, 5.74) is -0.948. The van der Waals surface area contributed by atoms with Gasteiger partial charge in [-0.05, 0) is 31.6 Å². The Morgan fingerprint density at radius 3 is 2.27 bits per heavy atom. The minimum Gasteiger partial charge on any atom is -0.371 e. The summed E-state index contributed by atoms with van der Waals surface area (Å²) in [6.07, 6.45) is 4.55. The maximum Gasteiger partial charge on any atom is 0.250 e. The number of nitrogens with one attached hydrogen (secondary N) is 1. The molecule has 3 rings (SSSR count). The van der Waals surface area contributed by atoms with Crippen LogP contribution in [0.4, 0.5) is 8.78 Å². The highest BCUT2D eigenvalue weighted by Gasteiger charge is 2.59. The molecule has 0 aromatic heterocycles. The number of hydrogen-bond donors (Lipinski definition) is 1. The number of nitrogens with zero attached hydrogens (tertiary/aromatic N) is 1. The molecule has 3 saturated carbocycles. The Balaban J connectivity index is 1.45. The van der Waals surface area contributed by atoms with Crippen molar-refractivity contribution in [2.24, 2.45) is 11.3 Å². The molecule has 0 bridgehead atoms. The monoisotopic (exact) mass is 372 g/mol. The number of amides is 2. The number of carbonyl (C=O) groups is 2. The summed E-state index contributed by atoms with van der Waals surface area (Å²) in [6, 6.07) is 0.0313. The van der Waals surface area contributed by atoms with Crippen LogP contribution in [0.2, 0.25) is 0 Å². The Labute approximate surface area is 153 Å². The molecule has 0 aromatic carbocycles. The van der Waals surface area contributed by atoms with Crippen LogP contribution < -0.4 is 5.32 Å². The highest BCUT2D eigenvalue weighted by Crippen LogP contribution is 2.53. The zero-order valence-electron chi connectivity index (χ0n) is 15.9. The van der Waals surface area contributed by atoms with Gasteiger partial charge in [-0.1, -0.05) is 19.8 Å². The van der Waals surface area contributed by atoms with E-state index in [-0.39, 0.29) is 36.7 Å². The van der Waals surface area contributed by atoms with Crippen LogP contribution in [0.3, 0.4) is 0 Å². The zero-order chi connectivity index (χ0) is 19.1. The van der Waals surface area contributed by atoms with Crippen LogP contribution in [0.25, 0.3) is 0 Å². The average molecular weight is 372 g/mol. The molecule has 3 fully saturated rings. The first-order valence-corrected chi connectivity index (χ1v) is 9.63. The molecule has 2 amide bonds. The van der Waals surface area contributed by atoms with Crippen LogP contribution in [0, 0.1) is 11.3 Å². The number of halogens is 2. The van der Waals surface area contributed by atoms with E-state index in [4.69, 9.17) is 4.74 Å². The highest BCUT2D eigenvalue weighted by atomic mass is 19.3. The Morgan fingerprint density at radius 2 is 1.77 bits per heavy atom. The van der Waals surface area contributed by atoms with Crippen molar-refractivity contribution >= 4 is 11.8 Å². The predicted molar refractivity (Wildman–Crippen MR) is 92.8 cm³/mol. The van der Waals surface area contributed by atoms with Gasteiger partial charge in [0.2, 0.25) is 17.7 Å². The van der Waals surface area contributed by atoms with E-state index >= 15 is 0 Å². The van der Waals surface area contributed by atoms with Crippen molar-refractivity contribution in [3.8, 4) is 0 Å². The lowest BCUT2D eigenvalue weighted by Crippen LogP contribution is -2.60. The van der Waals surface area contributed by atoms with Gasteiger partial charge in [-0.2, -0.15) is 0 Å². The van der Waals surface area contributed by atoms with E-state index in [1.807, 2.05) is 0 Å². The molecule has 26 heavy (non-hydrogen) atoms. The van der Waals surface area contributed by atoms with Crippen molar-refractivity contribution in [3.05, 3.63) is 0 Å². The molecule has 7 heteroatoms. The van der Waals surface area contributed by atoms with Gasteiger partial charge >= 0.3 is 0 Å². The van der Waals surface area contributed by atoms with Crippen LogP contribution in [0.1, 0.15) is 58.3 Å². The van der Waals surface area contributed by atoms with Gasteiger partial charge in [-0.25, -0.2) is 8.78 Å². The second kappa shape index (κ2) is 7.06. The standard InChI is InChI=1S/C19H30F2N2O3/c1-18(10-19(20,21)11-18)17(25)23(2)14-8-13(9-14)22-16(24)15(26-3)12-6-4-5-7-12/h12-15H,4-11H2,1-3H3,(H,22,24). The van der Waals surface area contributed by atoms with Crippen LogP contribution in [0.5, 0.6) is 0 Å². The first-order valence-electron chi connectivity index (χ1n) is 9.63. The summed E-state index contributed by atoms with van der Waals surface area (Å²) in [4.78, 5) is 26.6. The number of methoxy groups -OCH3 is 1. The molecule has 0 saturated heterocycles. The number of carbonyl (C=O) groups excluding carboxylic acids is 2. The normalized spacial score (nSPS) is 30.8. The van der Waals surface area contributed by atoms with E-state index in [1.165, 1.54) is 0 Å². The Morgan fingerprint density at radius 1 is 1.19 bits per heavy atom. The molecular weight excluding hydrogens is 342 g/mol. The molecule has 5 nitrogen and oxygen atoms in total. The first kappa shape index (κ1) is 19.5. The third-order valence-electron chi connectivity index (χ3n) is 6.48. The summed E-state index contributed by atoms with van der Waals surface area (Å²) in [6.45, 7) is 1.62. The van der Waals surface area contributed by atoms with Gasteiger partial charge in [-0.3, -0.25) is 9.59 Å². The summed E-state index contributed by atoms with van der Waals surface area (Å²) in [5.74, 6) is -2.70. The molecule has 0 heterocycles. The number of ether oxygens (including phenoxy) is 1. The molecule has 0 spiro atoms. The smallest absolute Gasteiger partial charge is 0.250 e. The van der Waals surface area contributed by atoms with Gasteiger partial charge in [0.1, 0.15) is 6.10 Å². The van der Waals surface area contributed by atoms with E-state index in [0.717, 1.165) is 25.7 Å². The molecule has 0 aromatic rings. The van der Waals surface area contributed by atoms with Crippen molar-refractivity contribution in [1.29, 1.82) is 0 Å². The number of hydrogen-bond acceptors (Lipinski definition) is 3. The van der Waals surface area contributed by atoms with Crippen LogP contribution in [-0.2, 0) is 14.3 Å². The SMILES string of the molecule is COC(C(=O)NC1CC(N(C)C(=O)C2(C)CC(F)(F)C2)C1)C1CCCC1. The highest BCUT2D eigenvalue weighted by molar-refractivity contribution is 5.84. The fraction of sp³-hybridized carbons (Fsp3) is 0.895. The molecule has 0 aliphatic heterocycles. The van der Waals surface area contributed by atoms with E-state index in [9.17, 15) is 18.4 Å². The van der Waals surface area contributed by atoms with E-state index in [2.05, 4.69) is 5.32 Å². The molecule has 3 aliphatic rings. The molecule has 148 valence electrons. The van der Waals surface area contributed by atoms with Crippen molar-refractivity contribution in [2.45, 2.75) is 82.4 Å². The fourth-order valence-corrected chi connectivity index (χ4v) is 4.91. The van der Waals surface area contributed by atoms with Gasteiger partial charge in [0.15, 0.2) is 0 Å². The van der Waals surface area contributed by atoms with Crippen molar-refractivity contribution in [2.75, 3.05) is 14.2 Å². The van der Waals surface area contributed by atoms with Crippen LogP contribution in [0.15, 0.2) is 0 Å². The maximum atomic E-state index is 13.2.